The van der Waals surface area contributed by atoms with Crippen LogP contribution in [0.15, 0.2) is 0 Å². The van der Waals surface area contributed by atoms with Gasteiger partial charge >= 0.3 is 6.03 Å². The number of amides is 2. The molecule has 3 N–H and O–H groups in total. The Labute approximate surface area is 79.7 Å². The van der Waals surface area contributed by atoms with Crippen molar-refractivity contribution >= 4 is 6.03 Å². The van der Waals surface area contributed by atoms with Gasteiger partial charge in [0.05, 0.1) is 12.1 Å². The SMILES string of the molecule is CCNC(=O)NC(CC)(CC)CO. The van der Waals surface area contributed by atoms with Gasteiger partial charge in [-0.05, 0) is 19.8 Å². The quantitative estimate of drug-likeness (QED) is 0.599. The van der Waals surface area contributed by atoms with E-state index in [9.17, 15) is 4.79 Å². The summed E-state index contributed by atoms with van der Waals surface area (Å²) in [5, 5.41) is 14.6. The maximum atomic E-state index is 11.2. The topological polar surface area (TPSA) is 61.4 Å². The molecule has 0 aliphatic heterocycles. The van der Waals surface area contributed by atoms with Crippen LogP contribution < -0.4 is 10.6 Å². The van der Waals surface area contributed by atoms with Crippen molar-refractivity contribution in [2.24, 2.45) is 0 Å². The number of carbonyl (C=O) groups is 1. The van der Waals surface area contributed by atoms with Crippen LogP contribution in [-0.2, 0) is 0 Å². The van der Waals surface area contributed by atoms with Gasteiger partial charge in [0.1, 0.15) is 0 Å². The van der Waals surface area contributed by atoms with Crippen molar-refractivity contribution in [2.45, 2.75) is 39.2 Å². The van der Waals surface area contributed by atoms with Gasteiger partial charge in [0.25, 0.3) is 0 Å². The minimum Gasteiger partial charge on any atom is -0.394 e. The number of hydrogen-bond donors (Lipinski definition) is 3. The van der Waals surface area contributed by atoms with Gasteiger partial charge in [-0.15, -0.1) is 0 Å². The number of rotatable bonds is 5. The molecule has 2 amide bonds. The fourth-order valence-corrected chi connectivity index (χ4v) is 1.14. The van der Waals surface area contributed by atoms with E-state index in [-0.39, 0.29) is 12.6 Å². The Morgan fingerprint density at radius 1 is 1.31 bits per heavy atom. The van der Waals surface area contributed by atoms with Gasteiger partial charge in [-0.25, -0.2) is 4.79 Å². The number of urea groups is 1. The zero-order valence-corrected chi connectivity index (χ0v) is 8.68. The highest BCUT2D eigenvalue weighted by Crippen LogP contribution is 2.13. The van der Waals surface area contributed by atoms with E-state index in [1.807, 2.05) is 20.8 Å². The lowest BCUT2D eigenvalue weighted by atomic mass is 9.94. The maximum absolute atomic E-state index is 11.2. The highest BCUT2D eigenvalue weighted by atomic mass is 16.3. The molecule has 0 spiro atoms. The van der Waals surface area contributed by atoms with Gasteiger partial charge < -0.3 is 15.7 Å². The first-order valence-corrected chi connectivity index (χ1v) is 4.81. The normalized spacial score (nSPS) is 11.1. The third-order valence-electron chi connectivity index (χ3n) is 2.37. The van der Waals surface area contributed by atoms with Crippen LogP contribution >= 0.6 is 0 Å². The van der Waals surface area contributed by atoms with Crippen LogP contribution in [0.3, 0.4) is 0 Å². The van der Waals surface area contributed by atoms with E-state index in [1.54, 1.807) is 0 Å². The third kappa shape index (κ3) is 3.63. The van der Waals surface area contributed by atoms with E-state index >= 15 is 0 Å². The molecule has 13 heavy (non-hydrogen) atoms. The Hall–Kier alpha value is -0.770. The van der Waals surface area contributed by atoms with Gasteiger partial charge in [0.15, 0.2) is 0 Å². The smallest absolute Gasteiger partial charge is 0.315 e. The molecule has 0 aromatic heterocycles. The van der Waals surface area contributed by atoms with Gasteiger partial charge in [-0.2, -0.15) is 0 Å². The van der Waals surface area contributed by atoms with Crippen molar-refractivity contribution in [1.82, 2.24) is 10.6 Å². The second-order valence-corrected chi connectivity index (χ2v) is 3.13. The number of carbonyl (C=O) groups excluding carboxylic acids is 1. The number of hydrogen-bond acceptors (Lipinski definition) is 2. The van der Waals surface area contributed by atoms with Gasteiger partial charge in [-0.3, -0.25) is 0 Å². The van der Waals surface area contributed by atoms with Crippen LogP contribution in [0.25, 0.3) is 0 Å². The summed E-state index contributed by atoms with van der Waals surface area (Å²) in [6.07, 6.45) is 1.47. The first-order valence-electron chi connectivity index (χ1n) is 4.81. The van der Waals surface area contributed by atoms with Crippen molar-refractivity contribution in [3.8, 4) is 0 Å². The summed E-state index contributed by atoms with van der Waals surface area (Å²) in [6.45, 7) is 6.34. The summed E-state index contributed by atoms with van der Waals surface area (Å²) in [5.74, 6) is 0. The van der Waals surface area contributed by atoms with Crippen molar-refractivity contribution in [3.05, 3.63) is 0 Å². The predicted molar refractivity (Wildman–Crippen MR) is 52.6 cm³/mol. The van der Waals surface area contributed by atoms with Crippen LogP contribution in [-0.4, -0.2) is 29.8 Å². The molecule has 78 valence electrons. The summed E-state index contributed by atoms with van der Waals surface area (Å²) in [5.41, 5.74) is -0.459. The molecule has 0 saturated carbocycles. The van der Waals surface area contributed by atoms with Crippen molar-refractivity contribution in [3.63, 3.8) is 0 Å². The van der Waals surface area contributed by atoms with E-state index in [4.69, 9.17) is 5.11 Å². The molecule has 0 rings (SSSR count). The molecule has 0 radical (unpaired) electrons. The van der Waals surface area contributed by atoms with Gasteiger partial charge in [0, 0.05) is 6.54 Å². The first-order chi connectivity index (χ1) is 6.14. The molecule has 4 heteroatoms. The van der Waals surface area contributed by atoms with Gasteiger partial charge in [0.2, 0.25) is 0 Å². The standard InChI is InChI=1S/C9H20N2O2/c1-4-9(5-2,7-12)11-8(13)10-6-3/h12H,4-7H2,1-3H3,(H2,10,11,13). The molecule has 0 heterocycles. The van der Waals surface area contributed by atoms with E-state index in [1.165, 1.54) is 0 Å². The fourth-order valence-electron chi connectivity index (χ4n) is 1.14. The van der Waals surface area contributed by atoms with Crippen molar-refractivity contribution < 1.29 is 9.90 Å². The predicted octanol–water partition coefficient (Wildman–Crippen LogP) is 0.857. The molecule has 0 aliphatic rings. The maximum Gasteiger partial charge on any atom is 0.315 e. The van der Waals surface area contributed by atoms with Crippen LogP contribution in [0.4, 0.5) is 4.79 Å². The second-order valence-electron chi connectivity index (χ2n) is 3.13. The zero-order chi connectivity index (χ0) is 10.3. The highest BCUT2D eigenvalue weighted by Gasteiger charge is 2.26. The Bertz CT molecular complexity index is 147. The molecule has 0 saturated heterocycles. The summed E-state index contributed by atoms with van der Waals surface area (Å²) in [7, 11) is 0. The molecule has 0 bridgehead atoms. The van der Waals surface area contributed by atoms with Crippen LogP contribution in [0, 0.1) is 0 Å². The van der Waals surface area contributed by atoms with Crippen LogP contribution in [0.1, 0.15) is 33.6 Å². The van der Waals surface area contributed by atoms with Crippen LogP contribution in [0.5, 0.6) is 0 Å². The average molecular weight is 188 g/mol. The lowest BCUT2D eigenvalue weighted by Crippen LogP contribution is -2.53. The molecule has 0 fully saturated rings. The van der Waals surface area contributed by atoms with E-state index < -0.39 is 5.54 Å². The molecule has 0 aromatic carbocycles. The number of nitrogens with one attached hydrogen (secondary N) is 2. The first kappa shape index (κ1) is 12.2. The Morgan fingerprint density at radius 2 is 1.85 bits per heavy atom. The molecule has 4 nitrogen and oxygen atoms in total. The van der Waals surface area contributed by atoms with E-state index in [0.29, 0.717) is 6.54 Å². The second kappa shape index (κ2) is 5.80. The molecule has 0 aliphatic carbocycles. The average Bonchev–Trinajstić information content (AvgIpc) is 2.15. The number of aliphatic hydroxyl groups excluding tert-OH is 1. The summed E-state index contributed by atoms with van der Waals surface area (Å²) in [4.78, 5) is 11.2. The monoisotopic (exact) mass is 188 g/mol. The molecule has 0 aromatic rings. The van der Waals surface area contributed by atoms with Crippen LogP contribution in [0.2, 0.25) is 0 Å². The van der Waals surface area contributed by atoms with E-state index in [2.05, 4.69) is 10.6 Å². The zero-order valence-electron chi connectivity index (χ0n) is 8.68. The number of aliphatic hydroxyl groups is 1. The van der Waals surface area contributed by atoms with Crippen molar-refractivity contribution in [2.75, 3.05) is 13.2 Å². The summed E-state index contributed by atoms with van der Waals surface area (Å²) in [6, 6.07) is -0.208. The Balaban J connectivity index is 4.16. The summed E-state index contributed by atoms with van der Waals surface area (Å²) < 4.78 is 0. The minimum atomic E-state index is -0.459. The largest absolute Gasteiger partial charge is 0.394 e. The fraction of sp³-hybridized carbons (Fsp3) is 0.889. The molecule has 0 atom stereocenters. The highest BCUT2D eigenvalue weighted by molar-refractivity contribution is 5.74. The lowest BCUT2D eigenvalue weighted by Gasteiger charge is -2.30. The molecular formula is C9H20N2O2. The summed E-state index contributed by atoms with van der Waals surface area (Å²) >= 11 is 0. The minimum absolute atomic E-state index is 0.0167. The molecule has 0 unspecified atom stereocenters. The Kier molecular flexibility index (Phi) is 5.46. The van der Waals surface area contributed by atoms with E-state index in [0.717, 1.165) is 12.8 Å². The van der Waals surface area contributed by atoms with Gasteiger partial charge in [-0.1, -0.05) is 13.8 Å². The van der Waals surface area contributed by atoms with Crippen molar-refractivity contribution in [1.29, 1.82) is 0 Å². The third-order valence-corrected chi connectivity index (χ3v) is 2.37. The lowest BCUT2D eigenvalue weighted by molar-refractivity contribution is 0.152. The Morgan fingerprint density at radius 3 is 2.15 bits per heavy atom. The molecular weight excluding hydrogens is 168 g/mol.